The minimum Gasteiger partial charge on any atom is -0.337 e. The number of rotatable bonds is 5. The first kappa shape index (κ1) is 13.6. The van der Waals surface area contributed by atoms with Crippen LogP contribution in [-0.4, -0.2) is 46.2 Å². The van der Waals surface area contributed by atoms with Crippen LogP contribution < -0.4 is 5.32 Å². The molecule has 4 nitrogen and oxygen atoms in total. The van der Waals surface area contributed by atoms with Gasteiger partial charge < -0.3 is 9.88 Å². The van der Waals surface area contributed by atoms with Crippen LogP contribution in [0.1, 0.15) is 27.2 Å². The van der Waals surface area contributed by atoms with Gasteiger partial charge in [-0.3, -0.25) is 4.90 Å². The van der Waals surface area contributed by atoms with Gasteiger partial charge in [0.05, 0.1) is 6.33 Å². The van der Waals surface area contributed by atoms with E-state index in [2.05, 4.69) is 40.5 Å². The molecule has 0 aromatic carbocycles. The van der Waals surface area contributed by atoms with E-state index in [-0.39, 0.29) is 0 Å². The van der Waals surface area contributed by atoms with Gasteiger partial charge in [-0.25, -0.2) is 4.98 Å². The first-order valence-corrected chi connectivity index (χ1v) is 7.10. The van der Waals surface area contributed by atoms with Gasteiger partial charge in [0.15, 0.2) is 0 Å². The van der Waals surface area contributed by atoms with Gasteiger partial charge in [-0.05, 0) is 19.3 Å². The number of aromatic nitrogens is 2. The molecule has 0 saturated carbocycles. The van der Waals surface area contributed by atoms with E-state index in [1.54, 1.807) is 0 Å². The lowest BCUT2D eigenvalue weighted by Gasteiger charge is -2.40. The summed E-state index contributed by atoms with van der Waals surface area (Å²) in [5.41, 5.74) is 0. The van der Waals surface area contributed by atoms with Gasteiger partial charge in [-0.1, -0.05) is 13.8 Å². The molecular formula is C14H26N4. The van der Waals surface area contributed by atoms with E-state index in [9.17, 15) is 0 Å². The van der Waals surface area contributed by atoms with E-state index in [0.29, 0.717) is 18.0 Å². The monoisotopic (exact) mass is 250 g/mol. The predicted molar refractivity (Wildman–Crippen MR) is 74.5 cm³/mol. The Kier molecular flexibility index (Phi) is 4.78. The molecule has 18 heavy (non-hydrogen) atoms. The maximum absolute atomic E-state index is 4.08. The minimum atomic E-state index is 0.648. The molecule has 1 aromatic rings. The standard InChI is InChI=1S/C14H26N4/c1-12(2)14-10-18(13(3)9-16-14)7-4-6-17-8-5-15-11-17/h5,8,11-14,16H,4,6-7,9-10H2,1-3H3. The van der Waals surface area contributed by atoms with Gasteiger partial charge in [0.25, 0.3) is 0 Å². The van der Waals surface area contributed by atoms with Gasteiger partial charge in [-0.2, -0.15) is 0 Å². The van der Waals surface area contributed by atoms with E-state index >= 15 is 0 Å². The second kappa shape index (κ2) is 6.34. The fourth-order valence-electron chi connectivity index (χ4n) is 2.58. The number of imidazole rings is 1. The maximum atomic E-state index is 4.08. The lowest BCUT2D eigenvalue weighted by Crippen LogP contribution is -2.57. The van der Waals surface area contributed by atoms with Gasteiger partial charge in [0.1, 0.15) is 0 Å². The zero-order valence-electron chi connectivity index (χ0n) is 11.8. The highest BCUT2D eigenvalue weighted by Crippen LogP contribution is 2.13. The second-order valence-corrected chi connectivity index (χ2v) is 5.76. The minimum absolute atomic E-state index is 0.648. The molecule has 0 bridgehead atoms. The Morgan fingerprint density at radius 1 is 1.39 bits per heavy atom. The molecular weight excluding hydrogens is 224 g/mol. The SMILES string of the molecule is CC(C)C1CN(CCCn2ccnc2)C(C)CN1. The molecule has 2 heterocycles. The van der Waals surface area contributed by atoms with Crippen LogP contribution in [0.5, 0.6) is 0 Å². The number of nitrogens with zero attached hydrogens (tertiary/aromatic N) is 3. The summed E-state index contributed by atoms with van der Waals surface area (Å²) in [6.07, 6.45) is 6.99. The van der Waals surface area contributed by atoms with Crippen molar-refractivity contribution in [1.82, 2.24) is 19.8 Å². The van der Waals surface area contributed by atoms with Crippen LogP contribution in [0.15, 0.2) is 18.7 Å². The molecule has 1 aliphatic heterocycles. The van der Waals surface area contributed by atoms with Gasteiger partial charge in [0.2, 0.25) is 0 Å². The van der Waals surface area contributed by atoms with E-state index in [1.807, 2.05) is 18.7 Å². The van der Waals surface area contributed by atoms with Crippen molar-refractivity contribution in [2.45, 2.75) is 45.8 Å². The number of aryl methyl sites for hydroxylation is 1. The van der Waals surface area contributed by atoms with E-state index < -0.39 is 0 Å². The van der Waals surface area contributed by atoms with Crippen molar-refractivity contribution in [3.05, 3.63) is 18.7 Å². The summed E-state index contributed by atoms with van der Waals surface area (Å²) in [5.74, 6) is 0.716. The maximum Gasteiger partial charge on any atom is 0.0945 e. The lowest BCUT2D eigenvalue weighted by atomic mass is 9.99. The molecule has 2 atom stereocenters. The molecule has 1 aliphatic rings. The molecule has 1 aromatic heterocycles. The summed E-state index contributed by atoms with van der Waals surface area (Å²) in [7, 11) is 0. The van der Waals surface area contributed by atoms with Gasteiger partial charge in [-0.15, -0.1) is 0 Å². The fourth-order valence-corrected chi connectivity index (χ4v) is 2.58. The Hall–Kier alpha value is -0.870. The molecule has 102 valence electrons. The van der Waals surface area contributed by atoms with Crippen molar-refractivity contribution in [3.63, 3.8) is 0 Å². The van der Waals surface area contributed by atoms with Crippen LogP contribution in [0, 0.1) is 5.92 Å². The molecule has 2 unspecified atom stereocenters. The molecule has 0 amide bonds. The third kappa shape index (κ3) is 3.56. The third-order valence-corrected chi connectivity index (χ3v) is 3.96. The average molecular weight is 250 g/mol. The summed E-state index contributed by atoms with van der Waals surface area (Å²) in [6, 6.07) is 1.30. The van der Waals surface area contributed by atoms with E-state index in [4.69, 9.17) is 0 Å². The van der Waals surface area contributed by atoms with Crippen LogP contribution >= 0.6 is 0 Å². The quantitative estimate of drug-likeness (QED) is 0.861. The topological polar surface area (TPSA) is 33.1 Å². The largest absolute Gasteiger partial charge is 0.337 e. The molecule has 0 aliphatic carbocycles. The summed E-state index contributed by atoms with van der Waals surface area (Å²) in [4.78, 5) is 6.70. The van der Waals surface area contributed by atoms with Crippen LogP contribution in [0.2, 0.25) is 0 Å². The van der Waals surface area contributed by atoms with E-state index in [1.165, 1.54) is 19.5 Å². The Bertz CT molecular complexity index is 334. The Balaban J connectivity index is 1.76. The Morgan fingerprint density at radius 2 is 2.22 bits per heavy atom. The fraction of sp³-hybridized carbons (Fsp3) is 0.786. The molecule has 0 radical (unpaired) electrons. The van der Waals surface area contributed by atoms with E-state index in [0.717, 1.165) is 13.1 Å². The summed E-state index contributed by atoms with van der Waals surface area (Å²) in [5, 5.41) is 3.65. The lowest BCUT2D eigenvalue weighted by molar-refractivity contribution is 0.120. The highest BCUT2D eigenvalue weighted by Gasteiger charge is 2.25. The number of piperazine rings is 1. The predicted octanol–water partition coefficient (Wildman–Crippen LogP) is 1.59. The number of hydrogen-bond acceptors (Lipinski definition) is 3. The summed E-state index contributed by atoms with van der Waals surface area (Å²) in [6.45, 7) is 11.5. The Morgan fingerprint density at radius 3 is 2.89 bits per heavy atom. The third-order valence-electron chi connectivity index (χ3n) is 3.96. The van der Waals surface area contributed by atoms with Crippen molar-refractivity contribution in [2.24, 2.45) is 5.92 Å². The molecule has 4 heteroatoms. The average Bonchev–Trinajstić information content (AvgIpc) is 2.84. The zero-order chi connectivity index (χ0) is 13.0. The normalized spacial score (nSPS) is 25.8. The first-order valence-electron chi connectivity index (χ1n) is 7.10. The van der Waals surface area contributed by atoms with Crippen LogP contribution in [-0.2, 0) is 6.54 Å². The molecule has 2 rings (SSSR count). The van der Waals surface area contributed by atoms with Gasteiger partial charge >= 0.3 is 0 Å². The number of hydrogen-bond donors (Lipinski definition) is 1. The van der Waals surface area contributed by atoms with Crippen LogP contribution in [0.4, 0.5) is 0 Å². The summed E-state index contributed by atoms with van der Waals surface area (Å²) >= 11 is 0. The molecule has 1 fully saturated rings. The molecule has 1 N–H and O–H groups in total. The highest BCUT2D eigenvalue weighted by atomic mass is 15.2. The smallest absolute Gasteiger partial charge is 0.0945 e. The highest BCUT2D eigenvalue weighted by molar-refractivity contribution is 4.85. The van der Waals surface area contributed by atoms with Crippen molar-refractivity contribution < 1.29 is 0 Å². The number of nitrogens with one attached hydrogen (secondary N) is 1. The molecule has 0 spiro atoms. The first-order chi connectivity index (χ1) is 8.66. The molecule has 1 saturated heterocycles. The van der Waals surface area contributed by atoms with Crippen LogP contribution in [0.25, 0.3) is 0 Å². The van der Waals surface area contributed by atoms with Crippen LogP contribution in [0.3, 0.4) is 0 Å². The van der Waals surface area contributed by atoms with Crippen molar-refractivity contribution in [1.29, 1.82) is 0 Å². The second-order valence-electron chi connectivity index (χ2n) is 5.76. The van der Waals surface area contributed by atoms with Crippen molar-refractivity contribution in [3.8, 4) is 0 Å². The zero-order valence-corrected chi connectivity index (χ0v) is 11.8. The van der Waals surface area contributed by atoms with Gasteiger partial charge in [0, 0.05) is 50.7 Å². The Labute approximate surface area is 110 Å². The summed E-state index contributed by atoms with van der Waals surface area (Å²) < 4.78 is 2.16. The van der Waals surface area contributed by atoms with Crippen molar-refractivity contribution in [2.75, 3.05) is 19.6 Å². The van der Waals surface area contributed by atoms with Crippen molar-refractivity contribution >= 4 is 0 Å².